The number of benzene rings is 1. The predicted octanol–water partition coefficient (Wildman–Crippen LogP) is 3.44. The quantitative estimate of drug-likeness (QED) is 0.848. The minimum atomic E-state index is -3.86. The number of nitrogens with zero attached hydrogens (tertiary/aromatic N) is 1. The Morgan fingerprint density at radius 3 is 2.63 bits per heavy atom. The molecule has 0 unspecified atom stereocenters. The van der Waals surface area contributed by atoms with Crippen LogP contribution in [0.4, 0.5) is 10.2 Å². The highest BCUT2D eigenvalue weighted by atomic mass is 79.9. The Hall–Kier alpha value is -1.18. The van der Waals surface area contributed by atoms with E-state index in [0.717, 1.165) is 18.2 Å². The molecule has 100 valence electrons. The van der Waals surface area contributed by atoms with Crippen molar-refractivity contribution in [2.75, 3.05) is 4.72 Å². The van der Waals surface area contributed by atoms with Gasteiger partial charge in [0.2, 0.25) is 0 Å². The van der Waals surface area contributed by atoms with Crippen LogP contribution in [0.25, 0.3) is 0 Å². The molecule has 0 bridgehead atoms. The Kier molecular flexibility index (Phi) is 4.07. The van der Waals surface area contributed by atoms with Crippen molar-refractivity contribution in [2.45, 2.75) is 4.90 Å². The molecule has 2 aromatic rings. The van der Waals surface area contributed by atoms with Crippen LogP contribution in [0, 0.1) is 5.82 Å². The van der Waals surface area contributed by atoms with Crippen molar-refractivity contribution in [2.24, 2.45) is 0 Å². The van der Waals surface area contributed by atoms with Gasteiger partial charge in [-0.15, -0.1) is 0 Å². The summed E-state index contributed by atoms with van der Waals surface area (Å²) in [5.41, 5.74) is 0. The Labute approximate surface area is 122 Å². The molecule has 0 saturated heterocycles. The summed E-state index contributed by atoms with van der Waals surface area (Å²) >= 11 is 8.67. The smallest absolute Gasteiger partial charge is 0.263 e. The molecule has 0 aliphatic rings. The van der Waals surface area contributed by atoms with E-state index in [-0.39, 0.29) is 20.3 Å². The van der Waals surface area contributed by atoms with E-state index in [9.17, 15) is 12.8 Å². The largest absolute Gasteiger partial charge is 0.264 e. The predicted molar refractivity (Wildman–Crippen MR) is 74.2 cm³/mol. The molecule has 0 saturated carbocycles. The summed E-state index contributed by atoms with van der Waals surface area (Å²) in [5.74, 6) is -0.449. The lowest BCUT2D eigenvalue weighted by Gasteiger charge is -2.09. The molecule has 0 atom stereocenters. The third-order valence-corrected chi connectivity index (χ3v) is 4.68. The highest BCUT2D eigenvalue weighted by molar-refractivity contribution is 9.10. The highest BCUT2D eigenvalue weighted by Crippen LogP contribution is 2.24. The molecule has 1 aromatic heterocycles. The third-order valence-electron chi connectivity index (χ3n) is 2.14. The van der Waals surface area contributed by atoms with Crippen molar-refractivity contribution in [3.8, 4) is 0 Å². The van der Waals surface area contributed by atoms with Crippen molar-refractivity contribution in [1.29, 1.82) is 0 Å². The molecule has 1 N–H and O–H groups in total. The first-order chi connectivity index (χ1) is 8.88. The Morgan fingerprint density at radius 2 is 2.00 bits per heavy atom. The Balaban J connectivity index is 2.38. The second-order valence-electron chi connectivity index (χ2n) is 3.53. The number of rotatable bonds is 3. The van der Waals surface area contributed by atoms with Gasteiger partial charge in [-0.05, 0) is 46.3 Å². The second kappa shape index (κ2) is 5.44. The summed E-state index contributed by atoms with van der Waals surface area (Å²) < 4.78 is 39.5. The van der Waals surface area contributed by atoms with Crippen molar-refractivity contribution in [3.63, 3.8) is 0 Å². The van der Waals surface area contributed by atoms with Gasteiger partial charge in [-0.2, -0.15) is 0 Å². The normalized spacial score (nSPS) is 11.3. The number of hydrogen-bond acceptors (Lipinski definition) is 3. The summed E-state index contributed by atoms with van der Waals surface area (Å²) in [7, 11) is -3.86. The number of nitrogens with one attached hydrogen (secondary N) is 1. The molecule has 0 radical (unpaired) electrons. The van der Waals surface area contributed by atoms with Gasteiger partial charge in [-0.3, -0.25) is 4.72 Å². The monoisotopic (exact) mass is 364 g/mol. The number of sulfonamides is 1. The van der Waals surface area contributed by atoms with Gasteiger partial charge in [0.15, 0.2) is 0 Å². The molecule has 1 aromatic carbocycles. The van der Waals surface area contributed by atoms with Crippen LogP contribution >= 0.6 is 27.5 Å². The van der Waals surface area contributed by atoms with E-state index >= 15 is 0 Å². The lowest BCUT2D eigenvalue weighted by atomic mass is 10.3. The van der Waals surface area contributed by atoms with Crippen molar-refractivity contribution in [3.05, 3.63) is 51.8 Å². The molecule has 8 heteroatoms. The van der Waals surface area contributed by atoms with E-state index in [4.69, 9.17) is 11.6 Å². The third kappa shape index (κ3) is 3.43. The van der Waals surface area contributed by atoms with Crippen LogP contribution in [0.2, 0.25) is 5.15 Å². The van der Waals surface area contributed by atoms with Crippen LogP contribution in [0.5, 0.6) is 0 Å². The maximum absolute atomic E-state index is 12.9. The number of halogens is 3. The van der Waals surface area contributed by atoms with Gasteiger partial charge in [0, 0.05) is 4.47 Å². The average Bonchev–Trinajstić information content (AvgIpc) is 2.27. The maximum atomic E-state index is 12.9. The maximum Gasteiger partial charge on any atom is 0.264 e. The van der Waals surface area contributed by atoms with E-state index in [0.29, 0.717) is 0 Å². The van der Waals surface area contributed by atoms with Crippen LogP contribution in [0.3, 0.4) is 0 Å². The molecule has 0 spiro atoms. The summed E-state index contributed by atoms with van der Waals surface area (Å²) in [6.45, 7) is 0. The van der Waals surface area contributed by atoms with E-state index in [1.54, 1.807) is 6.07 Å². The zero-order valence-corrected chi connectivity index (χ0v) is 12.4. The molecule has 0 fully saturated rings. The number of anilines is 1. The van der Waals surface area contributed by atoms with E-state index in [1.165, 1.54) is 12.1 Å². The first-order valence-electron chi connectivity index (χ1n) is 4.99. The highest BCUT2D eigenvalue weighted by Gasteiger charge is 2.18. The van der Waals surface area contributed by atoms with Crippen LogP contribution < -0.4 is 4.72 Å². The molecular formula is C11H7BrClFN2O2S. The van der Waals surface area contributed by atoms with Crippen molar-refractivity contribution in [1.82, 2.24) is 4.98 Å². The molecule has 0 amide bonds. The Bertz CT molecular complexity index is 724. The van der Waals surface area contributed by atoms with E-state index in [2.05, 4.69) is 25.6 Å². The SMILES string of the molecule is O=S(=O)(Nc1cccc(Cl)n1)c1ccc(F)cc1Br. The zero-order valence-electron chi connectivity index (χ0n) is 9.27. The van der Waals surface area contributed by atoms with Gasteiger partial charge in [0.1, 0.15) is 21.7 Å². The number of pyridine rings is 1. The van der Waals surface area contributed by atoms with Gasteiger partial charge in [-0.1, -0.05) is 17.7 Å². The van der Waals surface area contributed by atoms with Gasteiger partial charge < -0.3 is 0 Å². The van der Waals surface area contributed by atoms with Crippen molar-refractivity contribution < 1.29 is 12.8 Å². The van der Waals surface area contributed by atoms with Crippen LogP contribution in [0.1, 0.15) is 0 Å². The van der Waals surface area contributed by atoms with E-state index in [1.807, 2.05) is 0 Å². The standard InChI is InChI=1S/C11H7BrClFN2O2S/c12-8-6-7(14)4-5-9(8)19(17,18)16-11-3-1-2-10(13)15-11/h1-6H,(H,15,16). The minimum Gasteiger partial charge on any atom is -0.263 e. The summed E-state index contributed by atoms with van der Waals surface area (Å²) in [5, 5.41) is 0.165. The molecule has 2 rings (SSSR count). The number of hydrogen-bond donors (Lipinski definition) is 1. The fraction of sp³-hybridized carbons (Fsp3) is 0. The fourth-order valence-electron chi connectivity index (χ4n) is 1.35. The first-order valence-corrected chi connectivity index (χ1v) is 7.64. The van der Waals surface area contributed by atoms with Gasteiger partial charge in [-0.25, -0.2) is 17.8 Å². The number of aromatic nitrogens is 1. The fourth-order valence-corrected chi connectivity index (χ4v) is 3.57. The first kappa shape index (κ1) is 14.2. The van der Waals surface area contributed by atoms with Gasteiger partial charge in [0.25, 0.3) is 10.0 Å². The molecular weight excluding hydrogens is 359 g/mol. The minimum absolute atomic E-state index is 0.0868. The lowest BCUT2D eigenvalue weighted by Crippen LogP contribution is -2.14. The molecule has 0 aliphatic carbocycles. The lowest BCUT2D eigenvalue weighted by molar-refractivity contribution is 0.598. The van der Waals surface area contributed by atoms with Crippen LogP contribution in [-0.2, 0) is 10.0 Å². The topological polar surface area (TPSA) is 59.1 Å². The summed E-state index contributed by atoms with van der Waals surface area (Å²) in [4.78, 5) is 3.73. The molecule has 1 heterocycles. The molecule has 0 aliphatic heterocycles. The van der Waals surface area contributed by atoms with Crippen LogP contribution in [0.15, 0.2) is 45.8 Å². The van der Waals surface area contributed by atoms with Crippen molar-refractivity contribution >= 4 is 43.4 Å². The van der Waals surface area contributed by atoms with Gasteiger partial charge >= 0.3 is 0 Å². The Morgan fingerprint density at radius 1 is 1.26 bits per heavy atom. The van der Waals surface area contributed by atoms with E-state index < -0.39 is 15.8 Å². The summed E-state index contributed by atoms with van der Waals surface area (Å²) in [6.07, 6.45) is 0. The average molecular weight is 366 g/mol. The van der Waals surface area contributed by atoms with Gasteiger partial charge in [0.05, 0.1) is 0 Å². The zero-order chi connectivity index (χ0) is 14.0. The second-order valence-corrected chi connectivity index (χ2v) is 6.42. The summed E-state index contributed by atoms with van der Waals surface area (Å²) in [6, 6.07) is 7.83. The van der Waals surface area contributed by atoms with Crippen LogP contribution in [-0.4, -0.2) is 13.4 Å². The molecule has 19 heavy (non-hydrogen) atoms. The molecule has 4 nitrogen and oxygen atoms in total.